The molecule has 3 rings (SSSR count). The van der Waals surface area contributed by atoms with E-state index in [1.165, 1.54) is 17.8 Å². The number of aliphatic hydroxyl groups is 3. The van der Waals surface area contributed by atoms with E-state index in [1.54, 1.807) is 13.8 Å². The van der Waals surface area contributed by atoms with E-state index in [0.717, 1.165) is 51.4 Å². The van der Waals surface area contributed by atoms with E-state index in [4.69, 9.17) is 5.73 Å². The number of carbonyl (C=O) groups excluding carboxylic acids is 2. The third-order valence-electron chi connectivity index (χ3n) is 8.94. The highest BCUT2D eigenvalue weighted by molar-refractivity contribution is 7.13. The first-order valence-electron chi connectivity index (χ1n) is 16.2. The lowest BCUT2D eigenvalue weighted by molar-refractivity contribution is -0.147. The number of carbonyl (C=O) groups is 2. The molecule has 2 fully saturated rings. The molecule has 0 spiro atoms. The Kier molecular flexibility index (Phi) is 13.5. The zero-order valence-electron chi connectivity index (χ0n) is 26.3. The molecule has 0 radical (unpaired) electrons. The molecular weight excluding hydrogens is 552 g/mol. The lowest BCUT2D eigenvalue weighted by Gasteiger charge is -2.42. The first kappa shape index (κ1) is 34.7. The minimum absolute atomic E-state index is 0.0612. The Labute approximate surface area is 256 Å². The van der Waals surface area contributed by atoms with Crippen molar-refractivity contribution in [1.29, 1.82) is 0 Å². The van der Waals surface area contributed by atoms with Crippen molar-refractivity contribution >= 4 is 28.3 Å². The number of hydrogen-bond acceptors (Lipinski definition) is 8. The number of rotatable bonds is 16. The number of aromatic nitrogens is 1. The van der Waals surface area contributed by atoms with Crippen LogP contribution < -0.4 is 11.1 Å². The molecule has 2 aliphatic carbocycles. The Hall–Kier alpha value is -1.75. The molecule has 240 valence electrons. The second-order valence-corrected chi connectivity index (χ2v) is 14.9. The van der Waals surface area contributed by atoms with Gasteiger partial charge >= 0.3 is 0 Å². The highest BCUT2D eigenvalue weighted by atomic mass is 32.1. The van der Waals surface area contributed by atoms with Gasteiger partial charge in [0, 0.05) is 31.3 Å². The molecular formula is C32H56N4O5S. The van der Waals surface area contributed by atoms with E-state index in [9.17, 15) is 24.9 Å². The molecule has 0 saturated heterocycles. The Morgan fingerprint density at radius 1 is 1.10 bits per heavy atom. The smallest absolute Gasteiger partial charge is 0.226 e. The van der Waals surface area contributed by atoms with Crippen LogP contribution in [0.5, 0.6) is 0 Å². The van der Waals surface area contributed by atoms with Crippen LogP contribution in [-0.4, -0.2) is 74.0 Å². The van der Waals surface area contributed by atoms with Gasteiger partial charge in [-0.05, 0) is 57.3 Å². The van der Waals surface area contributed by atoms with E-state index in [0.29, 0.717) is 42.0 Å². The van der Waals surface area contributed by atoms with Crippen molar-refractivity contribution in [3.05, 3.63) is 11.1 Å². The van der Waals surface area contributed by atoms with E-state index < -0.39 is 29.8 Å². The van der Waals surface area contributed by atoms with Crippen molar-refractivity contribution in [1.82, 2.24) is 15.2 Å². The molecule has 10 heteroatoms. The van der Waals surface area contributed by atoms with Crippen molar-refractivity contribution < 1.29 is 24.9 Å². The number of aliphatic hydroxyl groups excluding tert-OH is 2. The molecule has 9 nitrogen and oxygen atoms in total. The van der Waals surface area contributed by atoms with Crippen LogP contribution in [0.15, 0.2) is 5.38 Å². The van der Waals surface area contributed by atoms with E-state index in [-0.39, 0.29) is 37.1 Å². The maximum absolute atomic E-state index is 14.7. The average Bonchev–Trinajstić information content (AvgIpc) is 3.59. The predicted molar refractivity (Wildman–Crippen MR) is 168 cm³/mol. The number of amides is 2. The van der Waals surface area contributed by atoms with Crippen LogP contribution in [0.4, 0.5) is 5.13 Å². The van der Waals surface area contributed by atoms with Gasteiger partial charge in [0.15, 0.2) is 5.13 Å². The fourth-order valence-corrected chi connectivity index (χ4v) is 7.29. The molecule has 0 bridgehead atoms. The van der Waals surface area contributed by atoms with Gasteiger partial charge in [-0.3, -0.25) is 9.59 Å². The highest BCUT2D eigenvalue weighted by Crippen LogP contribution is 2.34. The zero-order chi connectivity index (χ0) is 30.9. The molecule has 2 aliphatic rings. The fourth-order valence-electron chi connectivity index (χ4n) is 6.72. The van der Waals surface area contributed by atoms with Crippen LogP contribution in [0.1, 0.15) is 110 Å². The van der Waals surface area contributed by atoms with Crippen LogP contribution >= 0.6 is 11.3 Å². The Morgan fingerprint density at radius 3 is 2.29 bits per heavy atom. The van der Waals surface area contributed by atoms with Crippen molar-refractivity contribution in [3.63, 3.8) is 0 Å². The maximum Gasteiger partial charge on any atom is 0.226 e. The number of nitrogens with zero attached hydrogens (tertiary/aromatic N) is 2. The quantitative estimate of drug-likeness (QED) is 0.188. The zero-order valence-corrected chi connectivity index (χ0v) is 27.1. The number of nitrogens with one attached hydrogen (secondary N) is 1. The van der Waals surface area contributed by atoms with Crippen LogP contribution in [0, 0.1) is 23.7 Å². The summed E-state index contributed by atoms with van der Waals surface area (Å²) in [7, 11) is 0. The van der Waals surface area contributed by atoms with E-state index >= 15 is 0 Å². The fraction of sp³-hybridized carbons (Fsp3) is 0.844. The molecule has 1 aromatic heterocycles. The molecule has 0 aliphatic heterocycles. The minimum Gasteiger partial charge on any atom is -0.390 e. The monoisotopic (exact) mass is 608 g/mol. The number of hydrogen-bond donors (Lipinski definition) is 5. The van der Waals surface area contributed by atoms with Crippen molar-refractivity contribution in [2.75, 3.05) is 18.8 Å². The van der Waals surface area contributed by atoms with Crippen molar-refractivity contribution in [3.8, 4) is 0 Å². The van der Waals surface area contributed by atoms with Crippen LogP contribution in [0.2, 0.25) is 0 Å². The van der Waals surface area contributed by atoms with Gasteiger partial charge in [-0.15, -0.1) is 11.3 Å². The first-order chi connectivity index (χ1) is 19.8. The van der Waals surface area contributed by atoms with Gasteiger partial charge in [-0.2, -0.15) is 0 Å². The van der Waals surface area contributed by atoms with Gasteiger partial charge in [-0.1, -0.05) is 58.8 Å². The summed E-state index contributed by atoms with van der Waals surface area (Å²) in [5, 5.41) is 38.0. The molecule has 1 aromatic rings. The number of nitrogens with two attached hydrogens (primary N) is 1. The summed E-state index contributed by atoms with van der Waals surface area (Å²) in [6, 6.07) is -0.530. The summed E-state index contributed by atoms with van der Waals surface area (Å²) in [4.78, 5) is 34.0. The molecule has 6 N–H and O–H groups in total. The summed E-state index contributed by atoms with van der Waals surface area (Å²) in [6.07, 6.45) is 9.23. The summed E-state index contributed by atoms with van der Waals surface area (Å²) in [6.45, 7) is 7.88. The van der Waals surface area contributed by atoms with Gasteiger partial charge in [0.25, 0.3) is 0 Å². The number of nitrogen functional groups attached to an aromatic ring is 1. The third-order valence-corrected chi connectivity index (χ3v) is 9.66. The average molecular weight is 609 g/mol. The lowest BCUT2D eigenvalue weighted by Crippen LogP contribution is -2.55. The standard InChI is InChI=1S/C32H56N4O5S/c1-21(2)14-27(37)29(39)26(15-22-10-6-5-7-11-22)36(18-23-12-8-9-13-23)30(40)24(16-25-19-42-31(33)35-25)17-28(38)34-20-32(3,4)41/h19,21-24,26-27,29,37,39,41H,5-18,20H2,1-4H3,(H2,33,35)(H,34,38)/t24-,26+,27+,29-/m1/s1. The van der Waals surface area contributed by atoms with Gasteiger partial charge in [0.1, 0.15) is 6.10 Å². The number of thiazole rings is 1. The SMILES string of the molecule is CC(C)C[C@H](O)[C@H](O)[C@H](CC1CCCCC1)N(CC1CCCC1)C(=O)[C@@H](CC(=O)NCC(C)(C)O)Cc1csc(N)n1. The first-order valence-corrected chi connectivity index (χ1v) is 17.1. The van der Waals surface area contributed by atoms with Crippen LogP contribution in [0.25, 0.3) is 0 Å². The molecule has 0 unspecified atom stereocenters. The second kappa shape index (κ2) is 16.4. The predicted octanol–water partition coefficient (Wildman–Crippen LogP) is 4.29. The van der Waals surface area contributed by atoms with E-state index in [2.05, 4.69) is 10.3 Å². The largest absolute Gasteiger partial charge is 0.390 e. The topological polar surface area (TPSA) is 149 Å². The van der Waals surface area contributed by atoms with E-state index in [1.807, 2.05) is 24.1 Å². The summed E-state index contributed by atoms with van der Waals surface area (Å²) in [5.74, 6) is -0.288. The van der Waals surface area contributed by atoms with Crippen LogP contribution in [0.3, 0.4) is 0 Å². The summed E-state index contributed by atoms with van der Waals surface area (Å²) >= 11 is 1.30. The normalized spacial score (nSPS) is 19.9. The molecule has 42 heavy (non-hydrogen) atoms. The third kappa shape index (κ3) is 11.4. The minimum atomic E-state index is -1.07. The van der Waals surface area contributed by atoms with Crippen molar-refractivity contribution in [2.24, 2.45) is 23.7 Å². The Bertz CT molecular complexity index is 968. The molecule has 4 atom stereocenters. The van der Waals surface area contributed by atoms with Gasteiger partial charge < -0.3 is 31.3 Å². The number of anilines is 1. The van der Waals surface area contributed by atoms with Gasteiger partial charge in [0.05, 0.1) is 29.4 Å². The lowest BCUT2D eigenvalue weighted by atomic mass is 9.81. The maximum atomic E-state index is 14.7. The van der Waals surface area contributed by atoms with Crippen LogP contribution in [-0.2, 0) is 16.0 Å². The van der Waals surface area contributed by atoms with Gasteiger partial charge in [0.2, 0.25) is 11.8 Å². The Morgan fingerprint density at radius 2 is 1.71 bits per heavy atom. The molecule has 0 aromatic carbocycles. The second-order valence-electron chi connectivity index (χ2n) is 14.0. The van der Waals surface area contributed by atoms with Gasteiger partial charge in [-0.25, -0.2) is 4.98 Å². The summed E-state index contributed by atoms with van der Waals surface area (Å²) in [5.41, 5.74) is 5.49. The molecule has 1 heterocycles. The summed E-state index contributed by atoms with van der Waals surface area (Å²) < 4.78 is 0. The molecule has 2 saturated carbocycles. The molecule has 2 amide bonds. The highest BCUT2D eigenvalue weighted by Gasteiger charge is 2.40. The Balaban J connectivity index is 1.95. The van der Waals surface area contributed by atoms with Crippen molar-refractivity contribution in [2.45, 2.75) is 135 Å².